The molecule has 0 spiro atoms. The fraction of sp³-hybridized carbons (Fsp3) is 0.185. The zero-order valence-electron chi connectivity index (χ0n) is 20.7. The van der Waals surface area contributed by atoms with Gasteiger partial charge >= 0.3 is 17.2 Å². The molecule has 0 unspecified atom stereocenters. The maximum Gasteiger partial charge on any atom is 0.372 e. The Balaban J connectivity index is 1.84. The van der Waals surface area contributed by atoms with Gasteiger partial charge in [-0.2, -0.15) is 0 Å². The van der Waals surface area contributed by atoms with Gasteiger partial charge < -0.3 is 24.6 Å². The van der Waals surface area contributed by atoms with Crippen molar-refractivity contribution >= 4 is 34.9 Å². The van der Waals surface area contributed by atoms with Crippen LogP contribution in [0.15, 0.2) is 60.7 Å². The molecule has 39 heavy (non-hydrogen) atoms. The van der Waals surface area contributed by atoms with Crippen molar-refractivity contribution in [1.82, 2.24) is 5.32 Å². The fourth-order valence-corrected chi connectivity index (χ4v) is 3.99. The summed E-state index contributed by atoms with van der Waals surface area (Å²) in [6.07, 6.45) is 0. The van der Waals surface area contributed by atoms with Crippen molar-refractivity contribution in [2.45, 2.75) is 19.6 Å². The number of hydrogen-bond donors (Lipinski definition) is 2. The van der Waals surface area contributed by atoms with E-state index in [1.807, 2.05) is 0 Å². The highest BCUT2D eigenvalue weighted by Crippen LogP contribution is 2.31. The van der Waals surface area contributed by atoms with Crippen LogP contribution in [0.25, 0.3) is 11.1 Å². The number of aliphatic carboxylic acids is 1. The Labute approximate surface area is 226 Å². The Morgan fingerprint density at radius 1 is 1.00 bits per heavy atom. The summed E-state index contributed by atoms with van der Waals surface area (Å²) in [4.78, 5) is 48.0. The second-order valence-corrected chi connectivity index (χ2v) is 8.97. The number of nitrogens with one attached hydrogen (secondary N) is 1. The van der Waals surface area contributed by atoms with Gasteiger partial charge in [0.2, 0.25) is 5.91 Å². The van der Waals surface area contributed by atoms with Gasteiger partial charge in [-0.15, -0.1) is 0 Å². The predicted octanol–water partition coefficient (Wildman–Crippen LogP) is 4.82. The number of esters is 1. The maximum atomic E-state index is 14.4. The number of carboxylic acids is 1. The minimum Gasteiger partial charge on any atom is -0.497 e. The Kier molecular flexibility index (Phi) is 9.98. The molecule has 0 heterocycles. The van der Waals surface area contributed by atoms with Crippen molar-refractivity contribution in [1.29, 1.82) is 0 Å². The van der Waals surface area contributed by atoms with E-state index in [-0.39, 0.29) is 34.8 Å². The number of ether oxygens (including phenoxy) is 3. The highest BCUT2D eigenvalue weighted by atomic mass is 32.2. The Morgan fingerprint density at radius 2 is 1.72 bits per heavy atom. The largest absolute Gasteiger partial charge is 0.497 e. The average molecular weight is 560 g/mol. The number of rotatable bonds is 10. The van der Waals surface area contributed by atoms with Crippen LogP contribution in [0, 0.1) is 11.6 Å². The first-order chi connectivity index (χ1) is 18.6. The molecule has 0 saturated carbocycles. The second kappa shape index (κ2) is 13.4. The molecule has 204 valence electrons. The second-order valence-electron chi connectivity index (χ2n) is 8.01. The standard InChI is InChI=1S/C27H23F2NO8S/c1-15(31)30-23(25(32)33)14-39-27(35)38-24-10-5-17(20-9-6-18(28)12-22(20)29)11-21(24)26(34)37-13-16-3-7-19(36-2)8-4-16/h3-12,23H,13-14H2,1-2H3,(H,30,31)(H,32,33)/t23-/m0/s1. The van der Waals surface area contributed by atoms with Crippen LogP contribution in [0.4, 0.5) is 13.6 Å². The molecule has 2 N–H and O–H groups in total. The van der Waals surface area contributed by atoms with Crippen molar-refractivity contribution in [2.75, 3.05) is 12.9 Å². The lowest BCUT2D eigenvalue weighted by molar-refractivity contribution is -0.140. The molecule has 3 aromatic rings. The Morgan fingerprint density at radius 3 is 2.33 bits per heavy atom. The first-order valence-corrected chi connectivity index (χ1v) is 12.3. The fourth-order valence-electron chi connectivity index (χ4n) is 3.31. The maximum absolute atomic E-state index is 14.4. The monoisotopic (exact) mass is 559 g/mol. The lowest BCUT2D eigenvalue weighted by atomic mass is 10.0. The summed E-state index contributed by atoms with van der Waals surface area (Å²) in [6, 6.07) is 12.1. The number of methoxy groups -OCH3 is 1. The number of carbonyl (C=O) groups is 4. The lowest BCUT2D eigenvalue weighted by Gasteiger charge is -2.14. The highest BCUT2D eigenvalue weighted by Gasteiger charge is 2.23. The van der Waals surface area contributed by atoms with Gasteiger partial charge in [0.1, 0.15) is 41.3 Å². The van der Waals surface area contributed by atoms with Crippen LogP contribution >= 0.6 is 11.8 Å². The molecule has 12 heteroatoms. The molecule has 0 aliphatic carbocycles. The van der Waals surface area contributed by atoms with Crippen molar-refractivity contribution < 1.29 is 47.3 Å². The molecule has 1 amide bonds. The highest BCUT2D eigenvalue weighted by molar-refractivity contribution is 8.13. The van der Waals surface area contributed by atoms with Crippen LogP contribution in [0.1, 0.15) is 22.8 Å². The SMILES string of the molecule is COc1ccc(COC(=O)c2cc(-c3ccc(F)cc3F)ccc2OC(=O)SC[C@H](NC(C)=O)C(=O)O)cc1. The van der Waals surface area contributed by atoms with Gasteiger partial charge in [0, 0.05) is 24.3 Å². The van der Waals surface area contributed by atoms with Crippen LogP contribution in [-0.4, -0.2) is 47.2 Å². The van der Waals surface area contributed by atoms with Crippen molar-refractivity contribution in [3.05, 3.63) is 83.4 Å². The predicted molar refractivity (Wildman–Crippen MR) is 138 cm³/mol. The number of benzene rings is 3. The quantitative estimate of drug-likeness (QED) is 0.336. The van der Waals surface area contributed by atoms with E-state index < -0.39 is 40.8 Å². The normalized spacial score (nSPS) is 11.3. The van der Waals surface area contributed by atoms with Crippen LogP contribution in [-0.2, 0) is 20.9 Å². The number of hydrogen-bond acceptors (Lipinski definition) is 8. The van der Waals surface area contributed by atoms with Gasteiger partial charge in [-0.25, -0.2) is 23.2 Å². The third kappa shape index (κ3) is 8.27. The molecule has 3 rings (SSSR count). The van der Waals surface area contributed by atoms with E-state index in [4.69, 9.17) is 14.2 Å². The number of halogens is 2. The van der Waals surface area contributed by atoms with Gasteiger partial charge in [0.15, 0.2) is 0 Å². The molecule has 3 aromatic carbocycles. The van der Waals surface area contributed by atoms with Crippen molar-refractivity contribution in [3.63, 3.8) is 0 Å². The van der Waals surface area contributed by atoms with E-state index in [1.165, 1.54) is 31.4 Å². The minimum atomic E-state index is -1.35. The summed E-state index contributed by atoms with van der Waals surface area (Å²) in [7, 11) is 1.51. The molecule has 1 atom stereocenters. The van der Waals surface area contributed by atoms with Gasteiger partial charge in [-0.05, 0) is 59.3 Å². The molecule has 0 fully saturated rings. The first-order valence-electron chi connectivity index (χ1n) is 11.3. The summed E-state index contributed by atoms with van der Waals surface area (Å²) in [6.45, 7) is 0.991. The first kappa shape index (κ1) is 29.1. The Bertz CT molecular complexity index is 1380. The van der Waals surface area contributed by atoms with Crippen molar-refractivity contribution in [3.8, 4) is 22.6 Å². The molecular weight excluding hydrogens is 536 g/mol. The van der Waals surface area contributed by atoms with Crippen LogP contribution < -0.4 is 14.8 Å². The molecule has 0 bridgehead atoms. The van der Waals surface area contributed by atoms with Gasteiger partial charge in [-0.1, -0.05) is 18.2 Å². The van der Waals surface area contributed by atoms with E-state index in [0.29, 0.717) is 29.1 Å². The Hall–Kier alpha value is -4.45. The smallest absolute Gasteiger partial charge is 0.372 e. The third-order valence-corrected chi connectivity index (χ3v) is 6.03. The van der Waals surface area contributed by atoms with E-state index in [2.05, 4.69) is 5.32 Å². The molecular formula is C27H23F2NO8S. The number of carbonyl (C=O) groups excluding carboxylic acids is 3. The third-order valence-electron chi connectivity index (χ3n) is 5.21. The molecule has 0 radical (unpaired) electrons. The minimum absolute atomic E-state index is 0.00698. The zero-order valence-corrected chi connectivity index (χ0v) is 21.6. The summed E-state index contributed by atoms with van der Waals surface area (Å²) in [5.74, 6) is -4.46. The summed E-state index contributed by atoms with van der Waals surface area (Å²) >= 11 is 0.466. The van der Waals surface area contributed by atoms with Gasteiger partial charge in [0.05, 0.1) is 7.11 Å². The van der Waals surface area contributed by atoms with E-state index in [9.17, 15) is 33.1 Å². The van der Waals surface area contributed by atoms with Crippen LogP contribution in [0.2, 0.25) is 0 Å². The number of amides is 1. The topological polar surface area (TPSA) is 128 Å². The number of thioether (sulfide) groups is 1. The molecule has 9 nitrogen and oxygen atoms in total. The average Bonchev–Trinajstić information content (AvgIpc) is 2.90. The summed E-state index contributed by atoms with van der Waals surface area (Å²) in [5.41, 5.74) is 0.590. The van der Waals surface area contributed by atoms with Crippen molar-refractivity contribution in [2.24, 2.45) is 0 Å². The van der Waals surface area contributed by atoms with E-state index >= 15 is 0 Å². The molecule has 0 aliphatic rings. The van der Waals surface area contributed by atoms with Crippen LogP contribution in [0.5, 0.6) is 11.5 Å². The summed E-state index contributed by atoms with van der Waals surface area (Å²) in [5, 5.41) is 10.4. The molecule has 0 aromatic heterocycles. The molecule has 0 aliphatic heterocycles. The van der Waals surface area contributed by atoms with E-state index in [1.54, 1.807) is 24.3 Å². The van der Waals surface area contributed by atoms with Gasteiger partial charge in [0.25, 0.3) is 0 Å². The zero-order chi connectivity index (χ0) is 28.5. The van der Waals surface area contributed by atoms with Gasteiger partial charge in [-0.3, -0.25) is 4.79 Å². The molecule has 0 saturated heterocycles. The number of carboxylic acid groups (broad SMARTS) is 1. The summed E-state index contributed by atoms with van der Waals surface area (Å²) < 4.78 is 43.5. The van der Waals surface area contributed by atoms with Crippen LogP contribution in [0.3, 0.4) is 0 Å². The van der Waals surface area contributed by atoms with E-state index in [0.717, 1.165) is 13.0 Å². The lowest BCUT2D eigenvalue weighted by Crippen LogP contribution is -2.41.